The molecule has 1 aromatic heterocycles. The predicted molar refractivity (Wildman–Crippen MR) is 196 cm³/mol. The molecule has 3 heterocycles. The second-order valence-electron chi connectivity index (χ2n) is 15.2. The van der Waals surface area contributed by atoms with Gasteiger partial charge in [-0.05, 0) is 68.7 Å². The largest absolute Gasteiger partial charge is 0.468 e. The molecule has 270 valence electrons. The summed E-state index contributed by atoms with van der Waals surface area (Å²) in [5.41, 5.74) is 3.97. The number of morpholine rings is 1. The smallest absolute Gasteiger partial charge is 0.410 e. The fourth-order valence-electron chi connectivity index (χ4n) is 7.76. The lowest BCUT2D eigenvalue weighted by Gasteiger charge is -2.58. The first-order valence-corrected chi connectivity index (χ1v) is 17.9. The minimum absolute atomic E-state index is 0.0913. The van der Waals surface area contributed by atoms with E-state index in [2.05, 4.69) is 40.0 Å². The van der Waals surface area contributed by atoms with Crippen molar-refractivity contribution in [3.63, 3.8) is 0 Å². The van der Waals surface area contributed by atoms with Crippen molar-refractivity contribution in [2.45, 2.75) is 45.1 Å². The number of hydrogen-bond acceptors (Lipinski definition) is 8. The van der Waals surface area contributed by atoms with Crippen LogP contribution in [-0.2, 0) is 21.3 Å². The van der Waals surface area contributed by atoms with E-state index in [1.807, 2.05) is 68.1 Å². The van der Waals surface area contributed by atoms with Gasteiger partial charge in [-0.3, -0.25) is 9.69 Å². The molecule has 4 aromatic rings. The van der Waals surface area contributed by atoms with Gasteiger partial charge in [0.25, 0.3) is 5.91 Å². The van der Waals surface area contributed by atoms with Gasteiger partial charge in [0.1, 0.15) is 17.2 Å². The van der Waals surface area contributed by atoms with E-state index in [4.69, 9.17) is 23.9 Å². The Balaban J connectivity index is 1.17. The van der Waals surface area contributed by atoms with Crippen LogP contribution < -0.4 is 10.1 Å². The molecule has 1 aliphatic carbocycles. The van der Waals surface area contributed by atoms with Crippen LogP contribution in [0.3, 0.4) is 0 Å². The van der Waals surface area contributed by atoms with Crippen molar-refractivity contribution in [3.05, 3.63) is 72.1 Å². The minimum Gasteiger partial charge on any atom is -0.468 e. The number of carbonyl (C=O) groups is 2. The quantitative estimate of drug-likeness (QED) is 0.200. The van der Waals surface area contributed by atoms with Crippen molar-refractivity contribution < 1.29 is 28.5 Å². The third kappa shape index (κ3) is 7.47. The molecule has 3 aliphatic rings. The topological polar surface area (TPSA) is 107 Å². The highest BCUT2D eigenvalue weighted by Crippen LogP contribution is 2.56. The molecule has 7 rings (SSSR count). The van der Waals surface area contributed by atoms with Gasteiger partial charge in [0.15, 0.2) is 6.79 Å². The van der Waals surface area contributed by atoms with Crippen LogP contribution in [0.2, 0.25) is 0 Å². The molecular weight excluding hydrogens is 646 g/mol. The summed E-state index contributed by atoms with van der Waals surface area (Å²) in [4.78, 5) is 35.2. The predicted octanol–water partition coefficient (Wildman–Crippen LogP) is 6.07. The van der Waals surface area contributed by atoms with E-state index < -0.39 is 5.60 Å². The summed E-state index contributed by atoms with van der Waals surface area (Å²) in [5, 5.41) is 5.21. The van der Waals surface area contributed by atoms with Crippen LogP contribution in [0.1, 0.15) is 55.7 Å². The number of methoxy groups -OCH3 is 1. The van der Waals surface area contributed by atoms with Crippen molar-refractivity contribution in [2.24, 2.45) is 12.5 Å². The fraction of sp³-hybridized carbons (Fsp3) is 0.475. The molecule has 3 aromatic carbocycles. The van der Waals surface area contributed by atoms with E-state index in [0.29, 0.717) is 30.9 Å². The molecule has 0 unspecified atom stereocenters. The number of likely N-dealkylation sites (tertiary alicyclic amines) is 1. The zero-order valence-electron chi connectivity index (χ0n) is 30.4. The fourth-order valence-corrected chi connectivity index (χ4v) is 7.76. The van der Waals surface area contributed by atoms with Crippen molar-refractivity contribution in [1.29, 1.82) is 0 Å². The van der Waals surface area contributed by atoms with Crippen molar-refractivity contribution >= 4 is 22.8 Å². The molecule has 1 N–H and O–H groups in total. The van der Waals surface area contributed by atoms with Crippen molar-refractivity contribution in [1.82, 2.24) is 24.7 Å². The van der Waals surface area contributed by atoms with Gasteiger partial charge in [-0.1, -0.05) is 36.4 Å². The number of fused-ring (bicyclic) bond motifs is 1. The Hall–Kier alpha value is -4.45. The number of aromatic nitrogens is 2. The Labute approximate surface area is 299 Å². The summed E-state index contributed by atoms with van der Waals surface area (Å²) < 4.78 is 24.5. The van der Waals surface area contributed by atoms with Crippen LogP contribution in [0.15, 0.2) is 60.7 Å². The average Bonchev–Trinajstić information content (AvgIpc) is 3.41. The molecular formula is C40H49N5O6. The Morgan fingerprint density at radius 3 is 2.45 bits per heavy atom. The summed E-state index contributed by atoms with van der Waals surface area (Å²) in [6, 6.07) is 20.1. The molecule has 1 saturated carbocycles. The van der Waals surface area contributed by atoms with Crippen molar-refractivity contribution in [2.75, 3.05) is 66.4 Å². The third-order valence-electron chi connectivity index (χ3n) is 10.2. The van der Waals surface area contributed by atoms with Gasteiger partial charge in [0, 0.05) is 81.4 Å². The van der Waals surface area contributed by atoms with Gasteiger partial charge < -0.3 is 33.7 Å². The molecule has 0 radical (unpaired) electrons. The standard InChI is InChI=1S/C40H49N5O6/c1-39(2,3)51-38(47)45-24-40(25-45)22-30(23-40)36-42-34(27-10-12-28(13-11-27)37(46)41-14-15-44-16-18-49-19-17-44)35(43(36)4)33-21-31(50-26-48-5)20-29-8-6-7-9-32(29)33/h6-13,20-21,30H,14-19,22-26H2,1-5H3,(H,41,46). The highest BCUT2D eigenvalue weighted by atomic mass is 16.7. The maximum Gasteiger partial charge on any atom is 0.410 e. The number of hydrogen-bond donors (Lipinski definition) is 1. The molecule has 1 spiro atoms. The third-order valence-corrected chi connectivity index (χ3v) is 10.2. The van der Waals surface area contributed by atoms with E-state index in [-0.39, 0.29) is 30.1 Å². The lowest BCUT2D eigenvalue weighted by Crippen LogP contribution is -2.63. The van der Waals surface area contributed by atoms with E-state index >= 15 is 0 Å². The molecule has 11 heteroatoms. The number of nitrogens with one attached hydrogen (secondary N) is 1. The molecule has 2 amide bonds. The maximum absolute atomic E-state index is 13.1. The van der Waals surface area contributed by atoms with Gasteiger partial charge in [-0.2, -0.15) is 0 Å². The number of carbonyl (C=O) groups excluding carboxylic acids is 2. The molecule has 3 fully saturated rings. The summed E-state index contributed by atoms with van der Waals surface area (Å²) >= 11 is 0. The van der Waals surface area contributed by atoms with E-state index in [9.17, 15) is 9.59 Å². The molecule has 2 aliphatic heterocycles. The van der Waals surface area contributed by atoms with Crippen LogP contribution in [-0.4, -0.2) is 103 Å². The van der Waals surface area contributed by atoms with Crippen LogP contribution in [0.4, 0.5) is 4.79 Å². The average molecular weight is 696 g/mol. The molecule has 2 saturated heterocycles. The summed E-state index contributed by atoms with van der Waals surface area (Å²) in [6.45, 7) is 11.9. The Bertz CT molecular complexity index is 1880. The molecule has 11 nitrogen and oxygen atoms in total. The molecule has 0 bridgehead atoms. The van der Waals surface area contributed by atoms with Crippen LogP contribution in [0, 0.1) is 5.41 Å². The highest BCUT2D eigenvalue weighted by Gasteiger charge is 2.55. The Morgan fingerprint density at radius 1 is 1.02 bits per heavy atom. The number of nitrogens with zero attached hydrogens (tertiary/aromatic N) is 4. The van der Waals surface area contributed by atoms with Crippen LogP contribution in [0.25, 0.3) is 33.3 Å². The Kier molecular flexibility index (Phi) is 9.80. The van der Waals surface area contributed by atoms with Gasteiger partial charge in [-0.25, -0.2) is 9.78 Å². The first kappa shape index (κ1) is 35.0. The minimum atomic E-state index is -0.511. The number of ether oxygens (including phenoxy) is 4. The first-order chi connectivity index (χ1) is 24.5. The summed E-state index contributed by atoms with van der Waals surface area (Å²) in [7, 11) is 3.70. The van der Waals surface area contributed by atoms with E-state index in [1.54, 1.807) is 7.11 Å². The summed E-state index contributed by atoms with van der Waals surface area (Å²) in [5.74, 6) is 1.88. The monoisotopic (exact) mass is 695 g/mol. The number of benzene rings is 3. The second-order valence-corrected chi connectivity index (χ2v) is 15.2. The van der Waals surface area contributed by atoms with Crippen LogP contribution in [0.5, 0.6) is 5.75 Å². The zero-order chi connectivity index (χ0) is 35.8. The van der Waals surface area contributed by atoms with Gasteiger partial charge in [-0.15, -0.1) is 0 Å². The van der Waals surface area contributed by atoms with Gasteiger partial charge >= 0.3 is 6.09 Å². The number of rotatable bonds is 10. The maximum atomic E-state index is 13.1. The SMILES string of the molecule is COCOc1cc(-c2c(-c3ccc(C(=O)NCCN4CCOCC4)cc3)nc(C3CC4(C3)CN(C(=O)OC(C)(C)C)C4)n2C)c2ccccc2c1. The molecule has 51 heavy (non-hydrogen) atoms. The normalized spacial score (nSPS) is 17.6. The highest BCUT2D eigenvalue weighted by molar-refractivity contribution is 6.00. The van der Waals surface area contributed by atoms with E-state index in [1.165, 1.54) is 0 Å². The van der Waals surface area contributed by atoms with Crippen LogP contribution >= 0.6 is 0 Å². The Morgan fingerprint density at radius 2 is 1.75 bits per heavy atom. The van der Waals surface area contributed by atoms with Gasteiger partial charge in [0.2, 0.25) is 0 Å². The number of imidazole rings is 1. The molecule has 0 atom stereocenters. The zero-order valence-corrected chi connectivity index (χ0v) is 30.4. The summed E-state index contributed by atoms with van der Waals surface area (Å²) in [6.07, 6.45) is 1.67. The van der Waals surface area contributed by atoms with Gasteiger partial charge in [0.05, 0.1) is 24.6 Å². The number of amides is 2. The lowest BCUT2D eigenvalue weighted by atomic mass is 9.57. The first-order valence-electron chi connectivity index (χ1n) is 17.9. The second kappa shape index (κ2) is 14.3. The van der Waals surface area contributed by atoms with E-state index in [0.717, 1.165) is 84.8 Å². The lowest BCUT2D eigenvalue weighted by molar-refractivity contribution is -0.0800. The van der Waals surface area contributed by atoms with Crippen molar-refractivity contribution in [3.8, 4) is 28.3 Å².